The van der Waals surface area contributed by atoms with Crippen LogP contribution < -0.4 is 0 Å². The molecule has 1 fully saturated rings. The first-order valence-corrected chi connectivity index (χ1v) is 11.4. The van der Waals surface area contributed by atoms with Crippen molar-refractivity contribution in [3.63, 3.8) is 0 Å². The van der Waals surface area contributed by atoms with Gasteiger partial charge in [0.25, 0.3) is 0 Å². The van der Waals surface area contributed by atoms with Gasteiger partial charge in [-0.05, 0) is 37.1 Å². The SMILES string of the molecule is O=C(O)CN(Cc1cccc(C(=O)O)n1)C1CCCCC1N(CC(=O)O)Cc1cccc(C(=O)O)n1. The number of hydrogen-bond donors (Lipinski definition) is 4. The third kappa shape index (κ3) is 7.30. The first-order valence-electron chi connectivity index (χ1n) is 11.4. The van der Waals surface area contributed by atoms with Crippen LogP contribution in [-0.2, 0) is 22.7 Å². The molecule has 2 heterocycles. The van der Waals surface area contributed by atoms with Gasteiger partial charge in [-0.2, -0.15) is 0 Å². The van der Waals surface area contributed by atoms with Crippen molar-refractivity contribution in [2.75, 3.05) is 13.1 Å². The molecule has 1 aliphatic rings. The molecule has 36 heavy (non-hydrogen) atoms. The number of aromatic carboxylic acids is 2. The Bertz CT molecular complexity index is 1040. The zero-order chi connectivity index (χ0) is 26.2. The lowest BCUT2D eigenvalue weighted by Crippen LogP contribution is -2.55. The Kier molecular flexibility index (Phi) is 9.03. The molecule has 0 saturated heterocycles. The summed E-state index contributed by atoms with van der Waals surface area (Å²) < 4.78 is 0. The van der Waals surface area contributed by atoms with E-state index in [-0.39, 0.29) is 49.7 Å². The summed E-state index contributed by atoms with van der Waals surface area (Å²) in [5, 5.41) is 37.7. The molecule has 12 nitrogen and oxygen atoms in total. The number of carboxylic acids is 4. The minimum atomic E-state index is -1.19. The number of aliphatic carboxylic acids is 2. The van der Waals surface area contributed by atoms with Gasteiger partial charge in [-0.25, -0.2) is 19.6 Å². The normalized spacial score (nSPS) is 17.7. The molecule has 2 aromatic heterocycles. The maximum absolute atomic E-state index is 11.7. The summed E-state index contributed by atoms with van der Waals surface area (Å²) in [7, 11) is 0. The summed E-state index contributed by atoms with van der Waals surface area (Å²) in [6.07, 6.45) is 2.84. The molecule has 2 aromatic rings. The van der Waals surface area contributed by atoms with Crippen LogP contribution in [0.25, 0.3) is 0 Å². The monoisotopic (exact) mass is 500 g/mol. The fraction of sp³-hybridized carbons (Fsp3) is 0.417. The average Bonchev–Trinajstić information content (AvgIpc) is 2.83. The van der Waals surface area contributed by atoms with Gasteiger partial charge in [-0.15, -0.1) is 0 Å². The second-order valence-corrected chi connectivity index (χ2v) is 8.66. The summed E-state index contributed by atoms with van der Waals surface area (Å²) in [6, 6.07) is 8.32. The van der Waals surface area contributed by atoms with Gasteiger partial charge in [0.05, 0.1) is 24.5 Å². The highest BCUT2D eigenvalue weighted by atomic mass is 16.4. The number of nitrogens with zero attached hydrogens (tertiary/aromatic N) is 4. The molecule has 12 heteroatoms. The van der Waals surface area contributed by atoms with Crippen molar-refractivity contribution in [2.24, 2.45) is 0 Å². The van der Waals surface area contributed by atoms with E-state index < -0.39 is 23.9 Å². The van der Waals surface area contributed by atoms with Crippen molar-refractivity contribution in [3.8, 4) is 0 Å². The topological polar surface area (TPSA) is 181 Å². The minimum Gasteiger partial charge on any atom is -0.480 e. The summed E-state index contributed by atoms with van der Waals surface area (Å²) in [5.41, 5.74) is 0.474. The van der Waals surface area contributed by atoms with Crippen molar-refractivity contribution >= 4 is 23.9 Å². The number of carboxylic acid groups (broad SMARTS) is 4. The molecule has 4 N–H and O–H groups in total. The van der Waals surface area contributed by atoms with Crippen LogP contribution in [0.5, 0.6) is 0 Å². The Morgan fingerprint density at radius 2 is 1.08 bits per heavy atom. The summed E-state index contributed by atoms with van der Waals surface area (Å²) >= 11 is 0. The predicted octanol–water partition coefficient (Wildman–Crippen LogP) is 1.66. The zero-order valence-electron chi connectivity index (χ0n) is 19.5. The van der Waals surface area contributed by atoms with Crippen LogP contribution in [-0.4, -0.2) is 89.2 Å². The molecular weight excluding hydrogens is 472 g/mol. The fourth-order valence-electron chi connectivity index (χ4n) is 4.66. The largest absolute Gasteiger partial charge is 0.480 e. The number of hydrogen-bond acceptors (Lipinski definition) is 8. The van der Waals surface area contributed by atoms with E-state index in [1.54, 1.807) is 34.1 Å². The molecule has 0 radical (unpaired) electrons. The number of pyridine rings is 2. The Labute approximate surface area is 206 Å². The van der Waals surface area contributed by atoms with Crippen molar-refractivity contribution in [3.05, 3.63) is 59.2 Å². The molecule has 0 aliphatic heterocycles. The first-order chi connectivity index (χ1) is 17.1. The van der Waals surface area contributed by atoms with Gasteiger partial charge in [0.2, 0.25) is 0 Å². The highest BCUT2D eigenvalue weighted by Crippen LogP contribution is 2.29. The van der Waals surface area contributed by atoms with Crippen LogP contribution in [0.4, 0.5) is 0 Å². The van der Waals surface area contributed by atoms with E-state index in [1.165, 1.54) is 12.1 Å². The molecule has 3 rings (SSSR count). The highest BCUT2D eigenvalue weighted by molar-refractivity contribution is 5.85. The summed E-state index contributed by atoms with van der Waals surface area (Å²) in [4.78, 5) is 57.7. The van der Waals surface area contributed by atoms with Crippen LogP contribution in [0.15, 0.2) is 36.4 Å². The second kappa shape index (κ2) is 12.2. The molecule has 2 unspecified atom stereocenters. The number of aromatic nitrogens is 2. The predicted molar refractivity (Wildman–Crippen MR) is 125 cm³/mol. The lowest BCUT2D eigenvalue weighted by molar-refractivity contribution is -0.143. The molecule has 2 atom stereocenters. The van der Waals surface area contributed by atoms with E-state index in [9.17, 15) is 39.6 Å². The minimum absolute atomic E-state index is 0.0717. The van der Waals surface area contributed by atoms with Gasteiger partial charge in [-0.1, -0.05) is 25.0 Å². The van der Waals surface area contributed by atoms with Crippen molar-refractivity contribution in [1.29, 1.82) is 0 Å². The molecule has 1 aliphatic carbocycles. The van der Waals surface area contributed by atoms with Crippen molar-refractivity contribution in [2.45, 2.75) is 50.9 Å². The Morgan fingerprint density at radius 1 is 0.694 bits per heavy atom. The average molecular weight is 501 g/mol. The van der Waals surface area contributed by atoms with Gasteiger partial charge >= 0.3 is 23.9 Å². The number of rotatable bonds is 12. The van der Waals surface area contributed by atoms with Crippen LogP contribution in [0.3, 0.4) is 0 Å². The maximum Gasteiger partial charge on any atom is 0.354 e. The van der Waals surface area contributed by atoms with Crippen molar-refractivity contribution < 1.29 is 39.6 Å². The fourth-order valence-corrected chi connectivity index (χ4v) is 4.66. The van der Waals surface area contributed by atoms with E-state index in [0.29, 0.717) is 24.2 Å². The van der Waals surface area contributed by atoms with Gasteiger partial charge in [0.1, 0.15) is 11.4 Å². The van der Waals surface area contributed by atoms with Crippen LogP contribution in [0.1, 0.15) is 58.0 Å². The Balaban J connectivity index is 1.92. The quantitative estimate of drug-likeness (QED) is 0.331. The van der Waals surface area contributed by atoms with E-state index >= 15 is 0 Å². The lowest BCUT2D eigenvalue weighted by atomic mass is 9.87. The van der Waals surface area contributed by atoms with Crippen LogP contribution in [0.2, 0.25) is 0 Å². The molecule has 0 amide bonds. The van der Waals surface area contributed by atoms with Crippen molar-refractivity contribution in [1.82, 2.24) is 19.8 Å². The highest BCUT2D eigenvalue weighted by Gasteiger charge is 2.36. The number of carbonyl (C=O) groups is 4. The summed E-state index contributed by atoms with van der Waals surface area (Å²) in [5.74, 6) is -4.54. The van der Waals surface area contributed by atoms with E-state index in [0.717, 1.165) is 12.8 Å². The van der Waals surface area contributed by atoms with Gasteiger partial charge in [0.15, 0.2) is 0 Å². The van der Waals surface area contributed by atoms with Crippen LogP contribution in [0, 0.1) is 0 Å². The Hall–Kier alpha value is -3.90. The molecule has 1 saturated carbocycles. The van der Waals surface area contributed by atoms with Gasteiger partial charge in [-0.3, -0.25) is 19.4 Å². The smallest absolute Gasteiger partial charge is 0.354 e. The molecule has 0 bridgehead atoms. The lowest BCUT2D eigenvalue weighted by Gasteiger charge is -2.44. The molecule has 0 aromatic carbocycles. The second-order valence-electron chi connectivity index (χ2n) is 8.66. The van der Waals surface area contributed by atoms with E-state index in [4.69, 9.17) is 0 Å². The standard InChI is InChI=1S/C24H28N4O8/c29-21(30)13-27(11-15-5-3-7-17(25-15)23(33)34)19-9-1-2-10-20(19)28(14-22(31)32)12-16-6-4-8-18(26-16)24(35)36/h3-8,19-20H,1-2,9-14H2,(H,29,30)(H,31,32)(H,33,34)(H,35,36). The third-order valence-corrected chi connectivity index (χ3v) is 6.09. The third-order valence-electron chi connectivity index (χ3n) is 6.09. The maximum atomic E-state index is 11.7. The van der Waals surface area contributed by atoms with Gasteiger partial charge < -0.3 is 20.4 Å². The Morgan fingerprint density at radius 3 is 1.42 bits per heavy atom. The molecule has 0 spiro atoms. The molecule has 192 valence electrons. The van der Waals surface area contributed by atoms with Crippen LogP contribution >= 0.6 is 0 Å². The first kappa shape index (κ1) is 26.7. The summed E-state index contributed by atoms with van der Waals surface area (Å²) in [6.45, 7) is -0.536. The van der Waals surface area contributed by atoms with Gasteiger partial charge in [0, 0.05) is 25.2 Å². The van der Waals surface area contributed by atoms with E-state index in [2.05, 4.69) is 9.97 Å². The zero-order valence-corrected chi connectivity index (χ0v) is 19.5. The van der Waals surface area contributed by atoms with E-state index in [1.807, 2.05) is 0 Å². The molecular formula is C24H28N4O8.